The van der Waals surface area contributed by atoms with Gasteiger partial charge in [0.1, 0.15) is 17.1 Å². The van der Waals surface area contributed by atoms with Gasteiger partial charge in [-0.25, -0.2) is 0 Å². The lowest BCUT2D eigenvalue weighted by Crippen LogP contribution is -2.34. The SMILES string of the molecule is Cn1cc(S(=O)(=O)F)cc1C(=O)NCC(F)(F)F. The maximum Gasteiger partial charge on any atom is 0.405 e. The van der Waals surface area contributed by atoms with Crippen LogP contribution in [0.4, 0.5) is 17.1 Å². The fourth-order valence-corrected chi connectivity index (χ4v) is 1.70. The van der Waals surface area contributed by atoms with Gasteiger partial charge in [0.05, 0.1) is 0 Å². The predicted molar refractivity (Wildman–Crippen MR) is 52.1 cm³/mol. The third kappa shape index (κ3) is 3.72. The van der Waals surface area contributed by atoms with Gasteiger partial charge >= 0.3 is 16.4 Å². The highest BCUT2D eigenvalue weighted by atomic mass is 32.3. The van der Waals surface area contributed by atoms with Gasteiger partial charge in [0, 0.05) is 13.2 Å². The van der Waals surface area contributed by atoms with Crippen LogP contribution in [0.25, 0.3) is 0 Å². The van der Waals surface area contributed by atoms with Gasteiger partial charge < -0.3 is 9.88 Å². The van der Waals surface area contributed by atoms with Crippen LogP contribution in [0.3, 0.4) is 0 Å². The second-order valence-corrected chi connectivity index (χ2v) is 4.75. The molecule has 1 amide bonds. The van der Waals surface area contributed by atoms with E-state index in [-0.39, 0.29) is 0 Å². The molecule has 0 atom stereocenters. The van der Waals surface area contributed by atoms with E-state index in [4.69, 9.17) is 0 Å². The van der Waals surface area contributed by atoms with Crippen molar-refractivity contribution in [2.75, 3.05) is 6.54 Å². The van der Waals surface area contributed by atoms with Gasteiger partial charge in [-0.1, -0.05) is 0 Å². The summed E-state index contributed by atoms with van der Waals surface area (Å²) >= 11 is 0. The molecular formula is C8H8F4N2O3S. The summed E-state index contributed by atoms with van der Waals surface area (Å²) in [6.45, 7) is -1.56. The molecule has 102 valence electrons. The smallest absolute Gasteiger partial charge is 0.345 e. The van der Waals surface area contributed by atoms with Crippen molar-refractivity contribution in [2.24, 2.45) is 7.05 Å². The van der Waals surface area contributed by atoms with Crippen molar-refractivity contribution in [1.82, 2.24) is 9.88 Å². The van der Waals surface area contributed by atoms with Crippen LogP contribution in [-0.4, -0.2) is 31.6 Å². The molecule has 1 aromatic heterocycles. The molecule has 0 unspecified atom stereocenters. The Morgan fingerprint density at radius 3 is 2.39 bits per heavy atom. The number of alkyl halides is 3. The van der Waals surface area contributed by atoms with Gasteiger partial charge in [0.25, 0.3) is 5.91 Å². The lowest BCUT2D eigenvalue weighted by atomic mass is 10.4. The summed E-state index contributed by atoms with van der Waals surface area (Å²) < 4.78 is 70.2. The van der Waals surface area contributed by atoms with Crippen molar-refractivity contribution < 1.29 is 30.3 Å². The summed E-state index contributed by atoms with van der Waals surface area (Å²) in [4.78, 5) is 10.5. The molecule has 0 aliphatic heterocycles. The molecule has 18 heavy (non-hydrogen) atoms. The van der Waals surface area contributed by atoms with Crippen LogP contribution in [-0.2, 0) is 17.3 Å². The first-order chi connectivity index (χ1) is 8.00. The van der Waals surface area contributed by atoms with E-state index in [1.165, 1.54) is 7.05 Å². The molecule has 0 aromatic carbocycles. The molecule has 1 heterocycles. The van der Waals surface area contributed by atoms with Gasteiger partial charge in [-0.3, -0.25) is 4.79 Å². The topological polar surface area (TPSA) is 68.2 Å². The van der Waals surface area contributed by atoms with E-state index >= 15 is 0 Å². The Morgan fingerprint density at radius 2 is 2.00 bits per heavy atom. The lowest BCUT2D eigenvalue weighted by Gasteiger charge is -2.08. The molecule has 0 bridgehead atoms. The number of halogens is 4. The largest absolute Gasteiger partial charge is 0.405 e. The quantitative estimate of drug-likeness (QED) is 0.666. The van der Waals surface area contributed by atoms with Gasteiger partial charge in [0.15, 0.2) is 0 Å². The Bertz CT molecular complexity index is 561. The monoisotopic (exact) mass is 288 g/mol. The molecule has 10 heteroatoms. The van der Waals surface area contributed by atoms with Crippen LogP contribution in [0.15, 0.2) is 17.2 Å². The molecule has 0 aliphatic rings. The third-order valence-electron chi connectivity index (χ3n) is 1.94. The van der Waals surface area contributed by atoms with Gasteiger partial charge in [-0.2, -0.15) is 21.6 Å². The van der Waals surface area contributed by atoms with E-state index < -0.39 is 39.4 Å². The van der Waals surface area contributed by atoms with E-state index in [9.17, 15) is 30.3 Å². The summed E-state index contributed by atoms with van der Waals surface area (Å²) in [6.07, 6.45) is -3.80. The minimum atomic E-state index is -5.00. The van der Waals surface area contributed by atoms with Gasteiger partial charge in [-0.05, 0) is 6.07 Å². The fourth-order valence-electron chi connectivity index (χ4n) is 1.16. The summed E-state index contributed by atoms with van der Waals surface area (Å²) in [7, 11) is -3.80. The normalized spacial score (nSPS) is 12.5. The Kier molecular flexibility index (Phi) is 3.70. The first-order valence-electron chi connectivity index (χ1n) is 4.46. The fraction of sp³-hybridized carbons (Fsp3) is 0.375. The maximum atomic E-state index is 12.6. The number of aryl methyl sites for hydroxylation is 1. The average Bonchev–Trinajstić information content (AvgIpc) is 2.55. The highest BCUT2D eigenvalue weighted by molar-refractivity contribution is 7.86. The zero-order chi connectivity index (χ0) is 14.1. The number of amides is 1. The first kappa shape index (κ1) is 14.5. The number of carbonyl (C=O) groups excluding carboxylic acids is 1. The van der Waals surface area contributed by atoms with Crippen LogP contribution < -0.4 is 5.32 Å². The molecule has 1 N–H and O–H groups in total. The third-order valence-corrected chi connectivity index (χ3v) is 2.73. The van der Waals surface area contributed by atoms with Crippen molar-refractivity contribution in [2.45, 2.75) is 11.1 Å². The maximum absolute atomic E-state index is 12.6. The van der Waals surface area contributed by atoms with E-state index in [1.807, 2.05) is 0 Å². The standard InChI is InChI=1S/C8H8F4N2O3S/c1-14-3-5(18(12,16)17)2-6(14)7(15)13-4-8(9,10)11/h2-3H,4H2,1H3,(H,13,15). The molecule has 0 saturated carbocycles. The zero-order valence-corrected chi connectivity index (χ0v) is 9.77. The number of hydrogen-bond donors (Lipinski definition) is 1. The second-order valence-electron chi connectivity index (χ2n) is 3.41. The molecular weight excluding hydrogens is 280 g/mol. The zero-order valence-electron chi connectivity index (χ0n) is 8.95. The average molecular weight is 288 g/mol. The Morgan fingerprint density at radius 1 is 1.44 bits per heavy atom. The summed E-state index contributed by atoms with van der Waals surface area (Å²) in [5, 5.41) is 1.54. The second kappa shape index (κ2) is 4.59. The molecule has 0 radical (unpaired) electrons. The van der Waals surface area contributed by atoms with Crippen molar-refractivity contribution >= 4 is 16.1 Å². The van der Waals surface area contributed by atoms with Crippen LogP contribution >= 0.6 is 0 Å². The van der Waals surface area contributed by atoms with Crippen LogP contribution in [0.1, 0.15) is 10.5 Å². The summed E-state index contributed by atoms with van der Waals surface area (Å²) in [6, 6.07) is 0.654. The van der Waals surface area contributed by atoms with Crippen molar-refractivity contribution in [3.8, 4) is 0 Å². The Labute approximate surface area is 99.6 Å². The van der Waals surface area contributed by atoms with Crippen molar-refractivity contribution in [3.63, 3.8) is 0 Å². The first-order valence-corrected chi connectivity index (χ1v) is 5.85. The number of rotatable bonds is 3. The van der Waals surface area contributed by atoms with Gasteiger partial charge in [0.2, 0.25) is 0 Å². The van der Waals surface area contributed by atoms with Crippen LogP contribution in [0, 0.1) is 0 Å². The lowest BCUT2D eigenvalue weighted by molar-refractivity contribution is -0.123. The number of nitrogens with zero attached hydrogens (tertiary/aromatic N) is 1. The minimum absolute atomic E-state index is 0.393. The van der Waals surface area contributed by atoms with E-state index in [0.29, 0.717) is 6.07 Å². The van der Waals surface area contributed by atoms with Crippen LogP contribution in [0.2, 0.25) is 0 Å². The molecule has 5 nitrogen and oxygen atoms in total. The number of hydrogen-bond acceptors (Lipinski definition) is 3. The van der Waals surface area contributed by atoms with Crippen molar-refractivity contribution in [3.05, 3.63) is 18.0 Å². The predicted octanol–water partition coefficient (Wildman–Crippen LogP) is 0.975. The molecule has 0 aliphatic carbocycles. The number of carbonyl (C=O) groups is 1. The molecule has 1 rings (SSSR count). The molecule has 0 saturated heterocycles. The number of nitrogens with one attached hydrogen (secondary N) is 1. The molecule has 0 fully saturated rings. The summed E-state index contributed by atoms with van der Waals surface area (Å²) in [5.41, 5.74) is -0.393. The Balaban J connectivity index is 2.91. The molecule has 0 spiro atoms. The van der Waals surface area contributed by atoms with Crippen molar-refractivity contribution in [1.29, 1.82) is 0 Å². The van der Waals surface area contributed by atoms with E-state index in [0.717, 1.165) is 10.8 Å². The highest BCUT2D eigenvalue weighted by Gasteiger charge is 2.29. The number of aromatic nitrogens is 1. The van der Waals surface area contributed by atoms with E-state index in [2.05, 4.69) is 0 Å². The van der Waals surface area contributed by atoms with Crippen LogP contribution in [0.5, 0.6) is 0 Å². The highest BCUT2D eigenvalue weighted by Crippen LogP contribution is 2.16. The Hall–Kier alpha value is -1.58. The summed E-state index contributed by atoms with van der Waals surface area (Å²) in [5.74, 6) is -1.15. The van der Waals surface area contributed by atoms with Gasteiger partial charge in [-0.15, -0.1) is 3.89 Å². The van der Waals surface area contributed by atoms with E-state index in [1.54, 1.807) is 5.32 Å². The molecule has 1 aromatic rings. The minimum Gasteiger partial charge on any atom is -0.345 e.